The van der Waals surface area contributed by atoms with Crippen LogP contribution in [0.1, 0.15) is 36.5 Å². The molecule has 0 saturated heterocycles. The molecule has 34 heavy (non-hydrogen) atoms. The van der Waals surface area contributed by atoms with E-state index in [-0.39, 0.29) is 11.8 Å². The van der Waals surface area contributed by atoms with Crippen LogP contribution in [0, 0.1) is 0 Å². The van der Waals surface area contributed by atoms with Gasteiger partial charge in [0, 0.05) is 38.7 Å². The molecule has 4 nitrogen and oxygen atoms in total. The number of nitrogens with zero attached hydrogens (tertiary/aromatic N) is 2. The van der Waals surface area contributed by atoms with Crippen LogP contribution >= 0.6 is 0 Å². The molecule has 0 spiro atoms. The van der Waals surface area contributed by atoms with E-state index in [1.165, 1.54) is 5.56 Å². The molecule has 0 bridgehead atoms. The van der Waals surface area contributed by atoms with Crippen molar-refractivity contribution in [2.24, 2.45) is 0 Å². The predicted octanol–water partition coefficient (Wildman–Crippen LogP) is 5.60. The van der Waals surface area contributed by atoms with Crippen LogP contribution in [0.5, 0.6) is 0 Å². The zero-order valence-corrected chi connectivity index (χ0v) is 20.0. The highest BCUT2D eigenvalue weighted by Gasteiger charge is 2.17. The lowest BCUT2D eigenvalue weighted by molar-refractivity contribution is -0.133. The van der Waals surface area contributed by atoms with Crippen molar-refractivity contribution in [2.45, 2.75) is 32.7 Å². The number of amides is 2. The fraction of sp³-hybridized carbons (Fsp3) is 0.267. The Morgan fingerprint density at radius 2 is 1.29 bits per heavy atom. The van der Waals surface area contributed by atoms with Gasteiger partial charge < -0.3 is 9.80 Å². The Morgan fingerprint density at radius 3 is 1.91 bits per heavy atom. The molecule has 4 heteroatoms. The Morgan fingerprint density at radius 1 is 0.706 bits per heavy atom. The molecular weight excluding hydrogens is 420 g/mol. The normalized spacial score (nSPS) is 10.9. The summed E-state index contributed by atoms with van der Waals surface area (Å²) < 4.78 is 0. The summed E-state index contributed by atoms with van der Waals surface area (Å²) in [5.41, 5.74) is 3.30. The average Bonchev–Trinajstić information content (AvgIpc) is 2.89. The van der Waals surface area contributed by atoms with Gasteiger partial charge in [-0.1, -0.05) is 97.9 Å². The molecule has 3 aromatic carbocycles. The Hall–Kier alpha value is -3.66. The van der Waals surface area contributed by atoms with E-state index in [0.29, 0.717) is 32.6 Å². The highest BCUT2D eigenvalue weighted by atomic mass is 16.2. The quantitative estimate of drug-likeness (QED) is 0.334. The molecule has 0 saturated carbocycles. The first-order valence-electron chi connectivity index (χ1n) is 12.0. The van der Waals surface area contributed by atoms with E-state index in [9.17, 15) is 9.59 Å². The minimum absolute atomic E-state index is 0.0580. The minimum Gasteiger partial charge on any atom is -0.339 e. The largest absolute Gasteiger partial charge is 0.339 e. The Kier molecular flexibility index (Phi) is 10.1. The predicted molar refractivity (Wildman–Crippen MR) is 139 cm³/mol. The van der Waals surface area contributed by atoms with Gasteiger partial charge >= 0.3 is 0 Å². The summed E-state index contributed by atoms with van der Waals surface area (Å²) in [7, 11) is 0. The van der Waals surface area contributed by atoms with E-state index < -0.39 is 0 Å². The second kappa shape index (κ2) is 13.8. The van der Waals surface area contributed by atoms with Gasteiger partial charge in [0.25, 0.3) is 0 Å². The first-order valence-corrected chi connectivity index (χ1v) is 12.0. The molecule has 0 atom stereocenters. The van der Waals surface area contributed by atoms with Gasteiger partial charge in [0.1, 0.15) is 0 Å². The number of benzene rings is 3. The molecule has 0 N–H and O–H groups in total. The van der Waals surface area contributed by atoms with Gasteiger partial charge in [-0.05, 0) is 35.6 Å². The Bertz CT molecular complexity index is 1030. The highest BCUT2D eigenvalue weighted by Crippen LogP contribution is 2.10. The highest BCUT2D eigenvalue weighted by molar-refractivity contribution is 5.92. The SMILES string of the molecule is CCCN(CCC(=O)N(CCc1ccccc1)Cc1ccccc1)C(=O)/C=C/c1ccccc1. The second-order valence-corrected chi connectivity index (χ2v) is 8.36. The maximum Gasteiger partial charge on any atom is 0.246 e. The lowest BCUT2D eigenvalue weighted by Crippen LogP contribution is -2.37. The summed E-state index contributed by atoms with van der Waals surface area (Å²) in [6.45, 7) is 4.31. The maximum absolute atomic E-state index is 13.2. The van der Waals surface area contributed by atoms with E-state index in [0.717, 1.165) is 24.0 Å². The summed E-state index contributed by atoms with van der Waals surface area (Å²) in [4.78, 5) is 29.7. The van der Waals surface area contributed by atoms with Crippen molar-refractivity contribution >= 4 is 17.9 Å². The molecule has 0 heterocycles. The summed E-state index contributed by atoms with van der Waals surface area (Å²) in [6.07, 6.45) is 5.39. The van der Waals surface area contributed by atoms with Crippen LogP contribution in [-0.4, -0.2) is 41.2 Å². The van der Waals surface area contributed by atoms with Crippen molar-refractivity contribution in [1.82, 2.24) is 9.80 Å². The van der Waals surface area contributed by atoms with Crippen molar-refractivity contribution in [3.8, 4) is 0 Å². The molecule has 0 fully saturated rings. The number of hydrogen-bond acceptors (Lipinski definition) is 2. The molecule has 0 aromatic heterocycles. The topological polar surface area (TPSA) is 40.6 Å². The van der Waals surface area contributed by atoms with Gasteiger partial charge in [0.15, 0.2) is 0 Å². The van der Waals surface area contributed by atoms with Gasteiger partial charge in [-0.15, -0.1) is 0 Å². The van der Waals surface area contributed by atoms with E-state index in [4.69, 9.17) is 0 Å². The van der Waals surface area contributed by atoms with Crippen LogP contribution in [0.3, 0.4) is 0 Å². The van der Waals surface area contributed by atoms with Crippen LogP contribution in [-0.2, 0) is 22.6 Å². The number of carbonyl (C=O) groups is 2. The second-order valence-electron chi connectivity index (χ2n) is 8.36. The third-order valence-electron chi connectivity index (χ3n) is 5.70. The van der Waals surface area contributed by atoms with Crippen molar-refractivity contribution < 1.29 is 9.59 Å². The number of hydrogen-bond donors (Lipinski definition) is 0. The fourth-order valence-corrected chi connectivity index (χ4v) is 3.83. The molecule has 0 radical (unpaired) electrons. The minimum atomic E-state index is -0.0580. The van der Waals surface area contributed by atoms with E-state index in [1.807, 2.05) is 96.8 Å². The van der Waals surface area contributed by atoms with Crippen LogP contribution < -0.4 is 0 Å². The van der Waals surface area contributed by atoms with Gasteiger partial charge in [0.2, 0.25) is 11.8 Å². The summed E-state index contributed by atoms with van der Waals surface area (Å²) in [5, 5.41) is 0. The summed E-state index contributed by atoms with van der Waals surface area (Å²) in [6, 6.07) is 30.1. The van der Waals surface area contributed by atoms with Crippen LogP contribution in [0.4, 0.5) is 0 Å². The molecule has 0 aliphatic carbocycles. The van der Waals surface area contributed by atoms with E-state index in [2.05, 4.69) is 12.1 Å². The van der Waals surface area contributed by atoms with Crippen molar-refractivity contribution in [2.75, 3.05) is 19.6 Å². The smallest absolute Gasteiger partial charge is 0.246 e. The van der Waals surface area contributed by atoms with Gasteiger partial charge in [-0.25, -0.2) is 0 Å². The summed E-state index contributed by atoms with van der Waals surface area (Å²) in [5.74, 6) is 0.0122. The molecule has 0 aliphatic rings. The molecule has 2 amide bonds. The van der Waals surface area contributed by atoms with E-state index in [1.54, 1.807) is 11.0 Å². The standard InChI is InChI=1S/C30H34N2O2/c1-2-22-31(29(33)19-18-26-12-6-3-7-13-26)24-21-30(34)32(25-28-16-10-5-11-17-28)23-20-27-14-8-4-9-15-27/h3-19H,2,20-25H2,1H3/b19-18+. The number of carbonyl (C=O) groups excluding carboxylic acids is 2. The summed E-state index contributed by atoms with van der Waals surface area (Å²) >= 11 is 0. The number of rotatable bonds is 12. The molecule has 0 aliphatic heterocycles. The Labute approximate surface area is 203 Å². The lowest BCUT2D eigenvalue weighted by Gasteiger charge is -2.26. The van der Waals surface area contributed by atoms with Gasteiger partial charge in [0.05, 0.1) is 0 Å². The first-order chi connectivity index (χ1) is 16.7. The third kappa shape index (κ3) is 8.36. The van der Waals surface area contributed by atoms with Crippen molar-refractivity contribution in [3.63, 3.8) is 0 Å². The Balaban J connectivity index is 1.62. The van der Waals surface area contributed by atoms with Crippen molar-refractivity contribution in [1.29, 1.82) is 0 Å². The molecule has 3 aromatic rings. The van der Waals surface area contributed by atoms with Crippen molar-refractivity contribution in [3.05, 3.63) is 114 Å². The molecule has 3 rings (SSSR count). The first kappa shape index (κ1) is 25.0. The zero-order valence-electron chi connectivity index (χ0n) is 20.0. The van der Waals surface area contributed by atoms with Gasteiger partial charge in [-0.2, -0.15) is 0 Å². The third-order valence-corrected chi connectivity index (χ3v) is 5.70. The average molecular weight is 455 g/mol. The molecule has 176 valence electrons. The molecular formula is C30H34N2O2. The molecule has 0 unspecified atom stereocenters. The van der Waals surface area contributed by atoms with E-state index >= 15 is 0 Å². The van der Waals surface area contributed by atoms with Gasteiger partial charge in [-0.3, -0.25) is 9.59 Å². The lowest BCUT2D eigenvalue weighted by atomic mass is 10.1. The van der Waals surface area contributed by atoms with Crippen LogP contribution in [0.15, 0.2) is 97.1 Å². The maximum atomic E-state index is 13.2. The fourth-order valence-electron chi connectivity index (χ4n) is 3.83. The van der Waals surface area contributed by atoms with Crippen LogP contribution in [0.2, 0.25) is 0 Å². The zero-order chi connectivity index (χ0) is 24.0. The monoisotopic (exact) mass is 454 g/mol. The van der Waals surface area contributed by atoms with Crippen LogP contribution in [0.25, 0.3) is 6.08 Å².